The van der Waals surface area contributed by atoms with Gasteiger partial charge in [0.2, 0.25) is 5.91 Å². The van der Waals surface area contributed by atoms with Gasteiger partial charge in [0.15, 0.2) is 0 Å². The minimum Gasteiger partial charge on any atom is -0.350 e. The molecule has 1 fully saturated rings. The highest BCUT2D eigenvalue weighted by Gasteiger charge is 2.33. The van der Waals surface area contributed by atoms with Gasteiger partial charge < -0.3 is 9.88 Å². The number of carbonyl (C=O) groups excluding carboxylic acids is 1. The first-order valence-corrected chi connectivity index (χ1v) is 9.35. The number of fused-ring (bicyclic) bond motifs is 1. The summed E-state index contributed by atoms with van der Waals surface area (Å²) >= 11 is 1.76. The molecule has 2 heterocycles. The van der Waals surface area contributed by atoms with Gasteiger partial charge in [-0.25, -0.2) is 4.98 Å². The highest BCUT2D eigenvalue weighted by atomic mass is 32.2. The van der Waals surface area contributed by atoms with Crippen molar-refractivity contribution in [2.75, 3.05) is 5.75 Å². The number of hydrogen-bond donors (Lipinski definition) is 1. The van der Waals surface area contributed by atoms with E-state index in [2.05, 4.69) is 33.1 Å². The average molecular weight is 327 g/mol. The van der Waals surface area contributed by atoms with E-state index >= 15 is 0 Å². The molecule has 1 aliphatic carbocycles. The molecule has 1 aromatic carbocycles. The number of rotatable bonds is 3. The molecule has 4 nitrogen and oxygen atoms in total. The topological polar surface area (TPSA) is 46.9 Å². The predicted octanol–water partition coefficient (Wildman–Crippen LogP) is 3.12. The number of imidazole rings is 1. The second kappa shape index (κ2) is 6.40. The third-order valence-electron chi connectivity index (χ3n) is 4.95. The maximum absolute atomic E-state index is 12.9. The summed E-state index contributed by atoms with van der Waals surface area (Å²) < 4.78 is 2.14. The number of aromatic nitrogens is 2. The van der Waals surface area contributed by atoms with Gasteiger partial charge in [0, 0.05) is 18.4 Å². The van der Waals surface area contributed by atoms with Crippen LogP contribution in [0.3, 0.4) is 0 Å². The maximum Gasteiger partial charge on any atom is 0.237 e. The number of hydrogen-bond acceptors (Lipinski definition) is 3. The first kappa shape index (κ1) is 14.8. The van der Waals surface area contributed by atoms with Crippen molar-refractivity contribution in [3.05, 3.63) is 54.1 Å². The van der Waals surface area contributed by atoms with E-state index in [1.165, 1.54) is 11.1 Å². The van der Waals surface area contributed by atoms with E-state index in [1.807, 2.05) is 24.8 Å². The number of aryl methyl sites for hydroxylation is 1. The summed E-state index contributed by atoms with van der Waals surface area (Å²) in [5.74, 6) is 1.18. The van der Waals surface area contributed by atoms with Crippen LogP contribution in [0.4, 0.5) is 0 Å². The zero-order valence-electron chi connectivity index (χ0n) is 13.0. The summed E-state index contributed by atoms with van der Waals surface area (Å²) in [7, 11) is 0. The van der Waals surface area contributed by atoms with Gasteiger partial charge in [0.25, 0.3) is 0 Å². The molecule has 0 saturated heterocycles. The van der Waals surface area contributed by atoms with Crippen molar-refractivity contribution in [1.29, 1.82) is 0 Å². The van der Waals surface area contributed by atoms with Crippen molar-refractivity contribution < 1.29 is 4.79 Å². The van der Waals surface area contributed by atoms with Crippen LogP contribution in [0.2, 0.25) is 0 Å². The number of thioether (sulfide) groups is 1. The monoisotopic (exact) mass is 327 g/mol. The summed E-state index contributed by atoms with van der Waals surface area (Å²) in [5.41, 5.74) is 2.52. The number of carbonyl (C=O) groups is 1. The zero-order valence-corrected chi connectivity index (χ0v) is 13.8. The molecule has 23 heavy (non-hydrogen) atoms. The zero-order chi connectivity index (χ0) is 15.6. The first-order chi connectivity index (χ1) is 11.3. The lowest BCUT2D eigenvalue weighted by atomic mass is 10.0. The fraction of sp³-hybridized carbons (Fsp3) is 0.444. The van der Waals surface area contributed by atoms with E-state index in [1.54, 1.807) is 11.8 Å². The molecule has 5 heteroatoms. The Morgan fingerprint density at radius 3 is 3.09 bits per heavy atom. The molecule has 0 bridgehead atoms. The van der Waals surface area contributed by atoms with Crippen molar-refractivity contribution in [2.45, 2.75) is 43.0 Å². The molecular formula is C18H21N3OS. The van der Waals surface area contributed by atoms with Gasteiger partial charge in [-0.3, -0.25) is 4.79 Å². The minimum atomic E-state index is -0.0658. The Kier molecular flexibility index (Phi) is 4.12. The van der Waals surface area contributed by atoms with Crippen LogP contribution in [-0.2, 0) is 11.2 Å². The molecule has 1 aromatic heterocycles. The fourth-order valence-corrected chi connectivity index (χ4v) is 5.00. The number of benzene rings is 1. The van der Waals surface area contributed by atoms with E-state index in [9.17, 15) is 4.79 Å². The summed E-state index contributed by atoms with van der Waals surface area (Å²) in [6.45, 7) is 0. The maximum atomic E-state index is 12.9. The minimum absolute atomic E-state index is 0.0658. The van der Waals surface area contributed by atoms with Crippen LogP contribution in [0.25, 0.3) is 0 Å². The van der Waals surface area contributed by atoms with Gasteiger partial charge >= 0.3 is 0 Å². The van der Waals surface area contributed by atoms with Gasteiger partial charge in [-0.2, -0.15) is 0 Å². The molecule has 2 aliphatic rings. The van der Waals surface area contributed by atoms with Gasteiger partial charge in [0.1, 0.15) is 5.25 Å². The average Bonchev–Trinajstić information content (AvgIpc) is 3.25. The fourth-order valence-electron chi connectivity index (χ4n) is 3.80. The SMILES string of the molecule is O=C(N[C@@H]1CCC[C@@H]1n1ccnc1)[C@H]1SCCc2ccccc21. The first-order valence-electron chi connectivity index (χ1n) is 8.30. The Balaban J connectivity index is 1.50. The Morgan fingerprint density at radius 1 is 1.30 bits per heavy atom. The molecule has 3 atom stereocenters. The highest BCUT2D eigenvalue weighted by Crippen LogP contribution is 2.38. The van der Waals surface area contributed by atoms with Crippen molar-refractivity contribution in [3.63, 3.8) is 0 Å². The molecule has 1 amide bonds. The predicted molar refractivity (Wildman–Crippen MR) is 92.4 cm³/mol. The lowest BCUT2D eigenvalue weighted by Gasteiger charge is -2.28. The standard InChI is InChI=1S/C18H21N3OS/c22-18(17-14-5-2-1-4-13(14)8-11-23-17)20-15-6-3-7-16(15)21-10-9-19-12-21/h1-2,4-5,9-10,12,15-17H,3,6-8,11H2,(H,20,22)/t15-,16+,17+/m1/s1. The van der Waals surface area contributed by atoms with Crippen LogP contribution < -0.4 is 5.32 Å². The van der Waals surface area contributed by atoms with E-state index in [4.69, 9.17) is 0 Å². The van der Waals surface area contributed by atoms with E-state index in [0.717, 1.165) is 31.4 Å². The Hall–Kier alpha value is -1.75. The van der Waals surface area contributed by atoms with Crippen molar-refractivity contribution in [1.82, 2.24) is 14.9 Å². The van der Waals surface area contributed by atoms with Gasteiger partial charge in [-0.1, -0.05) is 24.3 Å². The van der Waals surface area contributed by atoms with Gasteiger partial charge in [-0.05, 0) is 42.6 Å². The number of nitrogens with one attached hydrogen (secondary N) is 1. The van der Waals surface area contributed by atoms with Crippen LogP contribution in [0.15, 0.2) is 43.0 Å². The lowest BCUT2D eigenvalue weighted by Crippen LogP contribution is -2.40. The Morgan fingerprint density at radius 2 is 2.22 bits per heavy atom. The van der Waals surface area contributed by atoms with Crippen LogP contribution >= 0.6 is 11.8 Å². The summed E-state index contributed by atoms with van der Waals surface area (Å²) in [6, 6.07) is 8.91. The molecule has 1 saturated carbocycles. The molecule has 1 N–H and O–H groups in total. The van der Waals surface area contributed by atoms with E-state index in [-0.39, 0.29) is 17.2 Å². The quantitative estimate of drug-likeness (QED) is 0.942. The summed E-state index contributed by atoms with van der Waals surface area (Å²) in [5, 5.41) is 3.25. The van der Waals surface area contributed by atoms with Crippen molar-refractivity contribution >= 4 is 17.7 Å². The lowest BCUT2D eigenvalue weighted by molar-refractivity contribution is -0.121. The molecule has 4 rings (SSSR count). The van der Waals surface area contributed by atoms with E-state index in [0.29, 0.717) is 6.04 Å². The Bertz CT molecular complexity index is 685. The normalized spacial score (nSPS) is 26.7. The molecule has 0 radical (unpaired) electrons. The summed E-state index contributed by atoms with van der Waals surface area (Å²) in [6.07, 6.45) is 10.0. The van der Waals surface area contributed by atoms with E-state index < -0.39 is 0 Å². The van der Waals surface area contributed by atoms with Crippen molar-refractivity contribution in [3.8, 4) is 0 Å². The van der Waals surface area contributed by atoms with Crippen LogP contribution in [0, 0.1) is 0 Å². The molecule has 0 spiro atoms. The van der Waals surface area contributed by atoms with Crippen molar-refractivity contribution in [2.24, 2.45) is 0 Å². The second-order valence-corrected chi connectivity index (χ2v) is 7.54. The van der Waals surface area contributed by atoms with Crippen LogP contribution in [-0.4, -0.2) is 27.3 Å². The third-order valence-corrected chi connectivity index (χ3v) is 6.19. The highest BCUT2D eigenvalue weighted by molar-refractivity contribution is 8.00. The second-order valence-electron chi connectivity index (χ2n) is 6.32. The van der Waals surface area contributed by atoms with Gasteiger partial charge in [0.05, 0.1) is 12.4 Å². The molecule has 0 unspecified atom stereocenters. The van der Waals surface area contributed by atoms with Crippen LogP contribution in [0.5, 0.6) is 0 Å². The summed E-state index contributed by atoms with van der Waals surface area (Å²) in [4.78, 5) is 17.0. The van der Waals surface area contributed by atoms with Crippen LogP contribution in [0.1, 0.15) is 41.7 Å². The molecular weight excluding hydrogens is 306 g/mol. The Labute approximate surface area is 140 Å². The third kappa shape index (κ3) is 2.90. The number of amides is 1. The molecule has 120 valence electrons. The molecule has 2 aromatic rings. The largest absolute Gasteiger partial charge is 0.350 e. The van der Waals surface area contributed by atoms with Gasteiger partial charge in [-0.15, -0.1) is 11.8 Å². The number of nitrogens with zero attached hydrogens (tertiary/aromatic N) is 2. The smallest absolute Gasteiger partial charge is 0.237 e. The molecule has 1 aliphatic heterocycles.